The van der Waals surface area contributed by atoms with E-state index in [1.54, 1.807) is 24.4 Å². The lowest BCUT2D eigenvalue weighted by Crippen LogP contribution is -1.99. The van der Waals surface area contributed by atoms with E-state index in [9.17, 15) is 4.79 Å². The van der Waals surface area contributed by atoms with E-state index in [0.717, 1.165) is 0 Å². The summed E-state index contributed by atoms with van der Waals surface area (Å²) in [6.07, 6.45) is 3.43. The van der Waals surface area contributed by atoms with Gasteiger partial charge in [0.1, 0.15) is 5.69 Å². The van der Waals surface area contributed by atoms with E-state index in [-0.39, 0.29) is 5.69 Å². The normalized spacial score (nSPS) is 10.3. The first-order valence-electron chi connectivity index (χ1n) is 4.51. The number of nitrogens with zero attached hydrogens (tertiary/aromatic N) is 2. The molecule has 0 unspecified atom stereocenters. The minimum atomic E-state index is -1.03. The van der Waals surface area contributed by atoms with Crippen LogP contribution in [0.5, 0.6) is 0 Å². The number of imidazole rings is 1. The topological polar surface area (TPSA) is 78.9 Å². The molecule has 0 fully saturated rings. The fourth-order valence-electron chi connectivity index (χ4n) is 1.29. The van der Waals surface area contributed by atoms with Crippen LogP contribution in [0.1, 0.15) is 10.5 Å². The van der Waals surface area contributed by atoms with Gasteiger partial charge in [-0.15, -0.1) is 0 Å². The molecule has 2 N–H and O–H groups in total. The third-order valence-corrected chi connectivity index (χ3v) is 2.58. The Labute approximate surface area is 95.9 Å². The number of thioether (sulfide) groups is 1. The molecule has 0 aliphatic rings. The van der Waals surface area contributed by atoms with E-state index < -0.39 is 5.97 Å². The van der Waals surface area contributed by atoms with Crippen LogP contribution in [-0.2, 0) is 0 Å². The number of carboxylic acid groups (broad SMARTS) is 1. The minimum Gasteiger partial charge on any atom is -0.477 e. The number of aromatic carboxylic acids is 1. The maximum atomic E-state index is 11.0. The Balaban J connectivity index is 2.55. The van der Waals surface area contributed by atoms with Gasteiger partial charge in [-0.05, 0) is 18.4 Å². The summed E-state index contributed by atoms with van der Waals surface area (Å²) in [5, 5.41) is 9.60. The van der Waals surface area contributed by atoms with Crippen LogP contribution < -0.4 is 0 Å². The highest BCUT2D eigenvalue weighted by molar-refractivity contribution is 7.98. The lowest BCUT2D eigenvalue weighted by molar-refractivity contribution is 0.0691. The molecule has 82 valence electrons. The van der Waals surface area contributed by atoms with Gasteiger partial charge in [0.2, 0.25) is 0 Å². The van der Waals surface area contributed by atoms with Crippen LogP contribution in [0.4, 0.5) is 0 Å². The molecule has 0 aromatic carbocycles. The number of carboxylic acids is 1. The van der Waals surface area contributed by atoms with Crippen LogP contribution in [0.3, 0.4) is 0 Å². The van der Waals surface area contributed by atoms with Crippen molar-refractivity contribution in [1.29, 1.82) is 0 Å². The summed E-state index contributed by atoms with van der Waals surface area (Å²) in [7, 11) is 0. The predicted octanol–water partition coefficient (Wildman–Crippen LogP) is 1.89. The molecule has 0 spiro atoms. The molecular weight excluding hydrogens is 226 g/mol. The number of carbonyl (C=O) groups is 1. The largest absolute Gasteiger partial charge is 0.477 e. The molecule has 0 aliphatic heterocycles. The molecule has 0 saturated carbocycles. The SMILES string of the molecule is CSc1nc(-c2ccccn2)c(C(=O)O)[nH]1. The number of aromatic amines is 1. The van der Waals surface area contributed by atoms with Crippen molar-refractivity contribution < 1.29 is 9.90 Å². The number of H-pyrrole nitrogens is 1. The minimum absolute atomic E-state index is 0.0723. The van der Waals surface area contributed by atoms with Gasteiger partial charge in [-0.25, -0.2) is 9.78 Å². The van der Waals surface area contributed by atoms with E-state index in [1.165, 1.54) is 11.8 Å². The molecule has 2 aromatic rings. The molecule has 2 rings (SSSR count). The first-order valence-corrected chi connectivity index (χ1v) is 5.73. The van der Waals surface area contributed by atoms with Crippen LogP contribution >= 0.6 is 11.8 Å². The maximum Gasteiger partial charge on any atom is 0.354 e. The highest BCUT2D eigenvalue weighted by Crippen LogP contribution is 2.22. The Hall–Kier alpha value is -1.82. The number of nitrogens with one attached hydrogen (secondary N) is 1. The monoisotopic (exact) mass is 235 g/mol. The van der Waals surface area contributed by atoms with Crippen molar-refractivity contribution in [1.82, 2.24) is 15.0 Å². The molecule has 2 heterocycles. The van der Waals surface area contributed by atoms with Crippen LogP contribution in [0.2, 0.25) is 0 Å². The third kappa shape index (κ3) is 1.92. The number of rotatable bonds is 3. The van der Waals surface area contributed by atoms with Crippen LogP contribution in [0.25, 0.3) is 11.4 Å². The van der Waals surface area contributed by atoms with Crippen molar-refractivity contribution in [2.45, 2.75) is 5.16 Å². The Morgan fingerprint density at radius 3 is 2.88 bits per heavy atom. The van der Waals surface area contributed by atoms with E-state index in [4.69, 9.17) is 5.11 Å². The van der Waals surface area contributed by atoms with Crippen LogP contribution in [0, 0.1) is 0 Å². The highest BCUT2D eigenvalue weighted by atomic mass is 32.2. The van der Waals surface area contributed by atoms with Crippen LogP contribution in [0.15, 0.2) is 29.6 Å². The van der Waals surface area contributed by atoms with Gasteiger partial charge in [0.25, 0.3) is 0 Å². The van der Waals surface area contributed by atoms with Crippen molar-refractivity contribution in [3.63, 3.8) is 0 Å². The van der Waals surface area contributed by atoms with Gasteiger partial charge in [-0.1, -0.05) is 17.8 Å². The number of aromatic nitrogens is 3. The van der Waals surface area contributed by atoms with Crippen molar-refractivity contribution in [3.8, 4) is 11.4 Å². The molecule has 6 heteroatoms. The zero-order valence-corrected chi connectivity index (χ0v) is 9.28. The maximum absolute atomic E-state index is 11.0. The second-order valence-corrected chi connectivity index (χ2v) is 3.78. The van der Waals surface area contributed by atoms with Gasteiger partial charge < -0.3 is 10.1 Å². The Morgan fingerprint density at radius 1 is 1.50 bits per heavy atom. The summed E-state index contributed by atoms with van der Waals surface area (Å²) in [6, 6.07) is 5.29. The molecule has 0 aliphatic carbocycles. The summed E-state index contributed by atoms with van der Waals surface area (Å²) in [4.78, 5) is 22.0. The van der Waals surface area contributed by atoms with Crippen LogP contribution in [-0.4, -0.2) is 32.3 Å². The van der Waals surface area contributed by atoms with Gasteiger partial charge in [-0.2, -0.15) is 0 Å². The second kappa shape index (κ2) is 4.36. The predicted molar refractivity (Wildman–Crippen MR) is 60.6 cm³/mol. The highest BCUT2D eigenvalue weighted by Gasteiger charge is 2.18. The molecule has 0 amide bonds. The van der Waals surface area contributed by atoms with E-state index in [2.05, 4.69) is 15.0 Å². The van der Waals surface area contributed by atoms with Gasteiger partial charge in [0, 0.05) is 6.20 Å². The number of hydrogen-bond donors (Lipinski definition) is 2. The summed E-state index contributed by atoms with van der Waals surface area (Å²) >= 11 is 1.36. The Kier molecular flexibility index (Phi) is 2.91. The quantitative estimate of drug-likeness (QED) is 0.794. The third-order valence-electron chi connectivity index (χ3n) is 2.00. The molecule has 0 atom stereocenters. The van der Waals surface area contributed by atoms with Crippen molar-refractivity contribution >= 4 is 17.7 Å². The molecule has 0 radical (unpaired) electrons. The Morgan fingerprint density at radius 2 is 2.31 bits per heavy atom. The second-order valence-electron chi connectivity index (χ2n) is 2.99. The van der Waals surface area contributed by atoms with Gasteiger partial charge in [-0.3, -0.25) is 4.98 Å². The number of hydrogen-bond acceptors (Lipinski definition) is 4. The summed E-state index contributed by atoms with van der Waals surface area (Å²) in [5.41, 5.74) is 0.997. The standard InChI is InChI=1S/C10H9N3O2S/c1-16-10-12-7(8(13-10)9(14)15)6-4-2-3-5-11-6/h2-5H,1H3,(H,12,13)(H,14,15). The van der Waals surface area contributed by atoms with E-state index >= 15 is 0 Å². The molecule has 16 heavy (non-hydrogen) atoms. The van der Waals surface area contributed by atoms with Gasteiger partial charge in [0.05, 0.1) is 5.69 Å². The Bertz CT molecular complexity index is 510. The average molecular weight is 235 g/mol. The van der Waals surface area contributed by atoms with E-state index in [0.29, 0.717) is 16.5 Å². The van der Waals surface area contributed by atoms with E-state index in [1.807, 2.05) is 6.26 Å². The molecule has 0 saturated heterocycles. The summed E-state index contributed by atoms with van der Waals surface area (Å²) in [6.45, 7) is 0. The van der Waals surface area contributed by atoms with Crippen molar-refractivity contribution in [2.75, 3.05) is 6.26 Å². The molecule has 2 aromatic heterocycles. The average Bonchev–Trinajstić information content (AvgIpc) is 2.74. The fourth-order valence-corrected chi connectivity index (χ4v) is 1.68. The first kappa shape index (κ1) is 10.7. The number of pyridine rings is 1. The first-order chi connectivity index (χ1) is 7.72. The summed E-state index contributed by atoms with van der Waals surface area (Å²) in [5.74, 6) is -1.03. The van der Waals surface area contributed by atoms with Crippen molar-refractivity contribution in [3.05, 3.63) is 30.1 Å². The zero-order valence-electron chi connectivity index (χ0n) is 8.47. The molecular formula is C10H9N3O2S. The molecule has 5 nitrogen and oxygen atoms in total. The fraction of sp³-hybridized carbons (Fsp3) is 0.100. The smallest absolute Gasteiger partial charge is 0.354 e. The van der Waals surface area contributed by atoms with Crippen molar-refractivity contribution in [2.24, 2.45) is 0 Å². The lowest BCUT2D eigenvalue weighted by Gasteiger charge is -1.96. The molecule has 0 bridgehead atoms. The zero-order chi connectivity index (χ0) is 11.5. The van der Waals surface area contributed by atoms with Gasteiger partial charge >= 0.3 is 5.97 Å². The van der Waals surface area contributed by atoms with Gasteiger partial charge in [0.15, 0.2) is 10.9 Å². The summed E-state index contributed by atoms with van der Waals surface area (Å²) < 4.78 is 0. The lowest BCUT2D eigenvalue weighted by atomic mass is 10.2.